The molecule has 0 bridgehead atoms. The molecule has 0 saturated carbocycles. The van der Waals surface area contributed by atoms with Crippen LogP contribution < -0.4 is 22.0 Å². The topological polar surface area (TPSA) is 93.6 Å². The zero-order valence-corrected chi connectivity index (χ0v) is 22.8. The number of aryl methyl sites for hydroxylation is 1. The number of benzene rings is 3. The second-order valence-corrected chi connectivity index (χ2v) is 18.5. The molecule has 1 aromatic heterocycles. The van der Waals surface area contributed by atoms with Gasteiger partial charge in [-0.25, -0.2) is 0 Å². The van der Waals surface area contributed by atoms with Crippen LogP contribution in [0.3, 0.4) is 0 Å². The predicted octanol–water partition coefficient (Wildman–Crippen LogP) is 1.18. The van der Waals surface area contributed by atoms with Gasteiger partial charge < -0.3 is 0 Å². The maximum atomic E-state index is 12.6. The molecule has 1 fully saturated rings. The van der Waals surface area contributed by atoms with Crippen LogP contribution in [0.4, 0.5) is 0 Å². The quantitative estimate of drug-likeness (QED) is 0.315. The number of aliphatic hydroxyl groups is 1. The Kier molecular flexibility index (Phi) is 7.24. The van der Waals surface area contributed by atoms with E-state index in [0.29, 0.717) is 12.0 Å². The summed E-state index contributed by atoms with van der Waals surface area (Å²) >= 11 is -4.10. The van der Waals surface area contributed by atoms with Gasteiger partial charge in [-0.2, -0.15) is 0 Å². The van der Waals surface area contributed by atoms with Crippen LogP contribution >= 0.6 is 0 Å². The third-order valence-corrected chi connectivity index (χ3v) is 18.4. The van der Waals surface area contributed by atoms with E-state index < -0.39 is 48.5 Å². The van der Waals surface area contributed by atoms with Gasteiger partial charge in [-0.1, -0.05) is 0 Å². The van der Waals surface area contributed by atoms with Gasteiger partial charge in [0.1, 0.15) is 0 Å². The number of H-pyrrole nitrogens is 1. The van der Waals surface area contributed by atoms with Crippen LogP contribution in [0, 0.1) is 6.92 Å². The van der Waals surface area contributed by atoms with Gasteiger partial charge in [0, 0.05) is 0 Å². The summed E-state index contributed by atoms with van der Waals surface area (Å²) in [6.07, 6.45) is 0.116. The van der Waals surface area contributed by atoms with Crippen LogP contribution in [-0.4, -0.2) is 52.3 Å². The van der Waals surface area contributed by atoms with Crippen LogP contribution in [-0.2, 0) is 7.81 Å². The van der Waals surface area contributed by atoms with Gasteiger partial charge >= 0.3 is 214 Å². The van der Waals surface area contributed by atoms with Crippen LogP contribution in [0.1, 0.15) is 18.2 Å². The van der Waals surface area contributed by atoms with Crippen molar-refractivity contribution in [1.29, 1.82) is 0 Å². The minimum absolute atomic E-state index is 0.251. The SMILES string of the molecule is Cc1cn([C@H]2C[C@H]([O][Sn]([c]3ccccc3)([c]3ccccc3)[c]3ccccc3)[C@@H](CO)O2)c(=O)[nH]c1=O. The first-order chi connectivity index (χ1) is 17.5. The number of nitrogens with zero attached hydrogens (tertiary/aromatic N) is 1. The fourth-order valence-corrected chi connectivity index (χ4v) is 16.6. The fourth-order valence-electron chi connectivity index (χ4n) is 4.91. The second-order valence-electron chi connectivity index (χ2n) is 8.96. The number of rotatable bonds is 7. The molecule has 1 aliphatic heterocycles. The van der Waals surface area contributed by atoms with E-state index in [4.69, 9.17) is 7.81 Å². The molecule has 0 radical (unpaired) electrons. The summed E-state index contributed by atoms with van der Waals surface area (Å²) in [5.74, 6) is 0. The summed E-state index contributed by atoms with van der Waals surface area (Å²) in [6.45, 7) is 1.39. The number of hydrogen-bond donors (Lipinski definition) is 2. The number of aromatic amines is 1. The molecule has 2 N–H and O–H groups in total. The Hall–Kier alpha value is -2.98. The molecule has 8 heteroatoms. The van der Waals surface area contributed by atoms with E-state index in [-0.39, 0.29) is 6.61 Å². The molecule has 0 aliphatic carbocycles. The van der Waals surface area contributed by atoms with Gasteiger partial charge in [-0.05, 0) is 0 Å². The van der Waals surface area contributed by atoms with Crippen molar-refractivity contribution >= 4 is 29.5 Å². The first kappa shape index (κ1) is 24.7. The summed E-state index contributed by atoms with van der Waals surface area (Å²) in [4.78, 5) is 26.8. The van der Waals surface area contributed by atoms with E-state index >= 15 is 0 Å². The Labute approximate surface area is 213 Å². The van der Waals surface area contributed by atoms with E-state index in [0.717, 1.165) is 10.7 Å². The van der Waals surface area contributed by atoms with Gasteiger partial charge in [0.2, 0.25) is 0 Å². The van der Waals surface area contributed by atoms with Crippen molar-refractivity contribution in [2.45, 2.75) is 31.8 Å². The van der Waals surface area contributed by atoms with E-state index in [2.05, 4.69) is 41.4 Å². The van der Waals surface area contributed by atoms with Crippen molar-refractivity contribution in [3.05, 3.63) is 124 Å². The molecule has 2 heterocycles. The van der Waals surface area contributed by atoms with Gasteiger partial charge in [-0.15, -0.1) is 0 Å². The fraction of sp³-hybridized carbons (Fsp3) is 0.214. The van der Waals surface area contributed by atoms with Gasteiger partial charge in [-0.3, -0.25) is 0 Å². The van der Waals surface area contributed by atoms with E-state index in [1.165, 1.54) is 10.8 Å². The molecule has 1 saturated heterocycles. The monoisotopic (exact) mass is 592 g/mol. The first-order valence-electron chi connectivity index (χ1n) is 12.0. The summed E-state index contributed by atoms with van der Waals surface area (Å²) in [6, 6.07) is 30.8. The summed E-state index contributed by atoms with van der Waals surface area (Å²) in [5, 5.41) is 10.3. The Balaban J connectivity index is 1.62. The summed E-state index contributed by atoms with van der Waals surface area (Å²) < 4.78 is 18.2. The van der Waals surface area contributed by atoms with Crippen molar-refractivity contribution in [2.75, 3.05) is 6.61 Å². The van der Waals surface area contributed by atoms with E-state index in [1.54, 1.807) is 6.92 Å². The number of nitrogens with one attached hydrogen (secondary N) is 1. The molecule has 184 valence electrons. The van der Waals surface area contributed by atoms with E-state index in [1.807, 2.05) is 54.6 Å². The molecule has 1 aliphatic rings. The third-order valence-electron chi connectivity index (χ3n) is 6.69. The third kappa shape index (κ3) is 4.59. The Bertz CT molecular complexity index is 1330. The van der Waals surface area contributed by atoms with Crippen molar-refractivity contribution in [3.8, 4) is 0 Å². The zero-order valence-electron chi connectivity index (χ0n) is 19.9. The Morgan fingerprint density at radius 2 is 1.42 bits per heavy atom. The molecule has 36 heavy (non-hydrogen) atoms. The van der Waals surface area contributed by atoms with Crippen LogP contribution in [0.25, 0.3) is 0 Å². The van der Waals surface area contributed by atoms with Gasteiger partial charge in [0.25, 0.3) is 0 Å². The average Bonchev–Trinajstić information content (AvgIpc) is 3.33. The van der Waals surface area contributed by atoms with E-state index in [9.17, 15) is 14.7 Å². The van der Waals surface area contributed by atoms with Crippen LogP contribution in [0.15, 0.2) is 107 Å². The van der Waals surface area contributed by atoms with Crippen LogP contribution in [0.2, 0.25) is 0 Å². The zero-order chi connectivity index (χ0) is 25.1. The summed E-state index contributed by atoms with van der Waals surface area (Å²) in [7, 11) is 0. The average molecular weight is 591 g/mol. The first-order valence-corrected chi connectivity index (χ1v) is 17.4. The Morgan fingerprint density at radius 3 is 1.89 bits per heavy atom. The number of hydrogen-bond acceptors (Lipinski definition) is 5. The molecule has 3 aromatic carbocycles. The minimum atomic E-state index is -4.10. The molecule has 7 nitrogen and oxygen atoms in total. The molecule has 0 spiro atoms. The molecular weight excluding hydrogens is 563 g/mol. The molecule has 5 rings (SSSR count). The predicted molar refractivity (Wildman–Crippen MR) is 141 cm³/mol. The standard InChI is InChI=1S/C10H13N2O5.3C6H5.Sn/c1-5-3-12(10(16)11-9(5)15)8-2-6(14)7(4-13)17-8;3*1-2-4-6-5-3-1;/h3,6-8,13H,2,4H2,1H3,(H,11,15,16);3*1-5H;/q-1;;;;+1/t6-,7+,8+;;;;/m0..../s1. The number of aromatic nitrogens is 2. The molecular formula is C28H28N2O5Sn. The van der Waals surface area contributed by atoms with Crippen molar-refractivity contribution in [3.63, 3.8) is 0 Å². The number of aliphatic hydroxyl groups excluding tert-OH is 1. The molecule has 3 atom stereocenters. The van der Waals surface area contributed by atoms with Gasteiger partial charge in [0.15, 0.2) is 0 Å². The maximum absolute atomic E-state index is 12.6. The van der Waals surface area contributed by atoms with Crippen molar-refractivity contribution in [2.24, 2.45) is 0 Å². The van der Waals surface area contributed by atoms with Crippen molar-refractivity contribution < 1.29 is 12.9 Å². The second kappa shape index (κ2) is 10.6. The van der Waals surface area contributed by atoms with Crippen LogP contribution in [0.5, 0.6) is 0 Å². The van der Waals surface area contributed by atoms with Gasteiger partial charge in [0.05, 0.1) is 0 Å². The summed E-state index contributed by atoms with van der Waals surface area (Å²) in [5.41, 5.74) is -0.556. The van der Waals surface area contributed by atoms with Crippen molar-refractivity contribution in [1.82, 2.24) is 9.55 Å². The Morgan fingerprint density at radius 1 is 0.917 bits per heavy atom. The molecule has 0 amide bonds. The molecule has 4 aromatic rings. The molecule has 0 unspecified atom stereocenters. The number of ether oxygens (including phenoxy) is 1. The normalized spacial score (nSPS) is 19.9.